The van der Waals surface area contributed by atoms with Crippen molar-refractivity contribution in [2.75, 3.05) is 13.7 Å². The summed E-state index contributed by atoms with van der Waals surface area (Å²) in [6.45, 7) is 6.28. The molecule has 0 aromatic carbocycles. The predicted octanol–water partition coefficient (Wildman–Crippen LogP) is 3.04. The lowest BCUT2D eigenvalue weighted by atomic mass is 10.2. The lowest BCUT2D eigenvalue weighted by molar-refractivity contribution is 0.0219. The Labute approximate surface area is 135 Å². The van der Waals surface area contributed by atoms with Crippen LogP contribution in [0.25, 0.3) is 11.2 Å². The number of aromatic amines is 1. The number of rotatable bonds is 2. The van der Waals surface area contributed by atoms with Crippen molar-refractivity contribution in [1.82, 2.24) is 19.9 Å². The highest BCUT2D eigenvalue weighted by molar-refractivity contribution is 5.72. The topological polar surface area (TPSA) is 80.3 Å². The molecular formula is C16H22N4O3. The summed E-state index contributed by atoms with van der Waals surface area (Å²) in [6.07, 6.45) is 1.49. The number of H-pyrrole nitrogens is 1. The molecule has 1 aliphatic heterocycles. The first-order valence-corrected chi connectivity index (χ1v) is 7.77. The normalized spacial score (nSPS) is 18.4. The van der Waals surface area contributed by atoms with Crippen molar-refractivity contribution in [3.8, 4) is 5.88 Å². The van der Waals surface area contributed by atoms with Gasteiger partial charge in [-0.15, -0.1) is 0 Å². The molecule has 7 heteroatoms. The first-order valence-electron chi connectivity index (χ1n) is 7.77. The number of pyridine rings is 1. The fourth-order valence-electron chi connectivity index (χ4n) is 2.76. The van der Waals surface area contributed by atoms with Gasteiger partial charge in [0.25, 0.3) is 0 Å². The van der Waals surface area contributed by atoms with Crippen LogP contribution < -0.4 is 4.74 Å². The van der Waals surface area contributed by atoms with Crippen LogP contribution in [0.5, 0.6) is 5.88 Å². The first-order chi connectivity index (χ1) is 10.9. The number of methoxy groups -OCH3 is 1. The van der Waals surface area contributed by atoms with Gasteiger partial charge in [-0.3, -0.25) is 4.90 Å². The van der Waals surface area contributed by atoms with E-state index in [2.05, 4.69) is 15.0 Å². The summed E-state index contributed by atoms with van der Waals surface area (Å²) >= 11 is 0. The summed E-state index contributed by atoms with van der Waals surface area (Å²) in [7, 11) is 1.57. The van der Waals surface area contributed by atoms with Gasteiger partial charge < -0.3 is 14.5 Å². The Kier molecular flexibility index (Phi) is 3.87. The molecule has 0 spiro atoms. The fraction of sp³-hybridized carbons (Fsp3) is 0.562. The number of aromatic nitrogens is 3. The van der Waals surface area contributed by atoms with Crippen molar-refractivity contribution in [2.45, 2.75) is 45.3 Å². The van der Waals surface area contributed by atoms with Gasteiger partial charge in [-0.1, -0.05) is 0 Å². The van der Waals surface area contributed by atoms with E-state index < -0.39 is 5.60 Å². The van der Waals surface area contributed by atoms with Crippen LogP contribution in [0, 0.1) is 0 Å². The Balaban J connectivity index is 1.86. The molecule has 2 aromatic rings. The van der Waals surface area contributed by atoms with E-state index in [0.29, 0.717) is 18.1 Å². The molecule has 1 amide bonds. The van der Waals surface area contributed by atoms with E-state index in [9.17, 15) is 4.79 Å². The average molecular weight is 318 g/mol. The molecule has 1 saturated heterocycles. The van der Waals surface area contributed by atoms with Crippen LogP contribution in [0.2, 0.25) is 0 Å². The summed E-state index contributed by atoms with van der Waals surface area (Å²) in [5, 5.41) is 0. The Morgan fingerprint density at radius 1 is 1.35 bits per heavy atom. The van der Waals surface area contributed by atoms with Gasteiger partial charge >= 0.3 is 6.09 Å². The van der Waals surface area contributed by atoms with Gasteiger partial charge in [-0.2, -0.15) is 4.98 Å². The van der Waals surface area contributed by atoms with Crippen LogP contribution in [-0.4, -0.2) is 45.2 Å². The van der Waals surface area contributed by atoms with E-state index in [-0.39, 0.29) is 12.1 Å². The minimum Gasteiger partial charge on any atom is -0.481 e. The Morgan fingerprint density at radius 3 is 2.83 bits per heavy atom. The van der Waals surface area contributed by atoms with Crippen molar-refractivity contribution < 1.29 is 14.3 Å². The number of ether oxygens (including phenoxy) is 2. The molecule has 0 aliphatic carbocycles. The molecule has 23 heavy (non-hydrogen) atoms. The van der Waals surface area contributed by atoms with Gasteiger partial charge in [0, 0.05) is 12.6 Å². The molecule has 0 radical (unpaired) electrons. The van der Waals surface area contributed by atoms with E-state index in [1.807, 2.05) is 26.8 Å². The third-order valence-corrected chi connectivity index (χ3v) is 3.74. The molecule has 0 bridgehead atoms. The summed E-state index contributed by atoms with van der Waals surface area (Å²) in [4.78, 5) is 26.2. The quantitative estimate of drug-likeness (QED) is 0.920. The number of nitrogens with zero attached hydrogens (tertiary/aromatic N) is 3. The second kappa shape index (κ2) is 5.72. The predicted molar refractivity (Wildman–Crippen MR) is 85.4 cm³/mol. The monoisotopic (exact) mass is 318 g/mol. The maximum absolute atomic E-state index is 12.4. The van der Waals surface area contributed by atoms with Crippen molar-refractivity contribution >= 4 is 17.3 Å². The standard InChI is InChI=1S/C16H22N4O3/c1-16(2,3)23-15(21)20-9-5-6-11(20)14-17-10-7-8-12(22-4)18-13(10)19-14/h7-8,11H,5-6,9H2,1-4H3,(H,17,18,19). The van der Waals surface area contributed by atoms with Crippen LogP contribution in [0.1, 0.15) is 45.5 Å². The van der Waals surface area contributed by atoms with Crippen LogP contribution in [0.4, 0.5) is 4.79 Å². The van der Waals surface area contributed by atoms with Gasteiger partial charge in [0.1, 0.15) is 11.4 Å². The third-order valence-electron chi connectivity index (χ3n) is 3.74. The number of likely N-dealkylation sites (tertiary alicyclic amines) is 1. The maximum atomic E-state index is 12.4. The highest BCUT2D eigenvalue weighted by Crippen LogP contribution is 2.32. The SMILES string of the molecule is COc1ccc2[nH]c(C3CCCN3C(=O)OC(C)(C)C)nc2n1. The van der Waals surface area contributed by atoms with Gasteiger partial charge in [0.05, 0.1) is 18.7 Å². The fourth-order valence-corrected chi connectivity index (χ4v) is 2.76. The zero-order chi connectivity index (χ0) is 16.6. The molecule has 1 unspecified atom stereocenters. The number of hydrogen-bond donors (Lipinski definition) is 1. The number of carbonyl (C=O) groups excluding carboxylic acids is 1. The molecule has 1 N–H and O–H groups in total. The van der Waals surface area contributed by atoms with E-state index in [1.165, 1.54) is 0 Å². The van der Waals surface area contributed by atoms with Crippen molar-refractivity contribution in [3.63, 3.8) is 0 Å². The summed E-state index contributed by atoms with van der Waals surface area (Å²) in [5.74, 6) is 1.26. The van der Waals surface area contributed by atoms with E-state index in [1.54, 1.807) is 18.1 Å². The molecule has 1 atom stereocenters. The number of amides is 1. The lowest BCUT2D eigenvalue weighted by Crippen LogP contribution is -2.36. The number of nitrogens with one attached hydrogen (secondary N) is 1. The second-order valence-electron chi connectivity index (χ2n) is 6.68. The molecule has 124 valence electrons. The molecule has 2 aromatic heterocycles. The molecule has 1 fully saturated rings. The first kappa shape index (κ1) is 15.6. The Morgan fingerprint density at radius 2 is 2.13 bits per heavy atom. The number of hydrogen-bond acceptors (Lipinski definition) is 5. The number of fused-ring (bicyclic) bond motifs is 1. The highest BCUT2D eigenvalue weighted by atomic mass is 16.6. The van der Waals surface area contributed by atoms with Gasteiger partial charge in [0.2, 0.25) is 5.88 Å². The van der Waals surface area contributed by atoms with Crippen molar-refractivity contribution in [1.29, 1.82) is 0 Å². The van der Waals surface area contributed by atoms with Crippen molar-refractivity contribution in [2.24, 2.45) is 0 Å². The highest BCUT2D eigenvalue weighted by Gasteiger charge is 2.35. The van der Waals surface area contributed by atoms with Crippen LogP contribution in [-0.2, 0) is 4.74 Å². The number of carbonyl (C=O) groups is 1. The lowest BCUT2D eigenvalue weighted by Gasteiger charge is -2.27. The summed E-state index contributed by atoms with van der Waals surface area (Å²) < 4.78 is 10.6. The third kappa shape index (κ3) is 3.23. The van der Waals surface area contributed by atoms with Crippen LogP contribution >= 0.6 is 0 Å². The molecule has 3 heterocycles. The largest absolute Gasteiger partial charge is 0.481 e. The van der Waals surface area contributed by atoms with Gasteiger partial charge in [-0.05, 0) is 39.7 Å². The number of imidazole rings is 1. The van der Waals surface area contributed by atoms with Gasteiger partial charge in [-0.25, -0.2) is 9.78 Å². The Hall–Kier alpha value is -2.31. The van der Waals surface area contributed by atoms with E-state index in [0.717, 1.165) is 24.2 Å². The molecule has 0 saturated carbocycles. The summed E-state index contributed by atoms with van der Waals surface area (Å²) in [5.41, 5.74) is 0.916. The molecular weight excluding hydrogens is 296 g/mol. The van der Waals surface area contributed by atoms with E-state index in [4.69, 9.17) is 9.47 Å². The molecule has 7 nitrogen and oxygen atoms in total. The van der Waals surface area contributed by atoms with Crippen molar-refractivity contribution in [3.05, 3.63) is 18.0 Å². The smallest absolute Gasteiger partial charge is 0.410 e. The average Bonchev–Trinajstić information content (AvgIpc) is 3.10. The van der Waals surface area contributed by atoms with Crippen LogP contribution in [0.15, 0.2) is 12.1 Å². The molecule has 1 aliphatic rings. The summed E-state index contributed by atoms with van der Waals surface area (Å²) in [6, 6.07) is 3.56. The Bertz CT molecular complexity index is 720. The zero-order valence-electron chi connectivity index (χ0n) is 13.9. The zero-order valence-corrected chi connectivity index (χ0v) is 13.9. The minimum atomic E-state index is -0.507. The van der Waals surface area contributed by atoms with E-state index >= 15 is 0 Å². The maximum Gasteiger partial charge on any atom is 0.410 e. The molecule has 3 rings (SSSR count). The minimum absolute atomic E-state index is 0.106. The second-order valence-corrected chi connectivity index (χ2v) is 6.68. The van der Waals surface area contributed by atoms with Crippen LogP contribution in [0.3, 0.4) is 0 Å². The van der Waals surface area contributed by atoms with Gasteiger partial charge in [0.15, 0.2) is 5.65 Å².